The van der Waals surface area contributed by atoms with E-state index in [1.165, 1.54) is 55.8 Å². The third-order valence-corrected chi connectivity index (χ3v) is 9.75. The molecule has 6 heteroatoms. The minimum absolute atomic E-state index is 1.02. The van der Waals surface area contributed by atoms with Crippen molar-refractivity contribution in [2.45, 2.75) is 119 Å². The van der Waals surface area contributed by atoms with Gasteiger partial charge >= 0.3 is 0 Å². The molecule has 3 aromatic heterocycles. The third-order valence-electron chi connectivity index (χ3n) is 9.75. The standard InChI is InChI=1S/C42H60N6/c1-11-17-27-28(18-12-2)34-24-36-30(20-14-4)32(22-16-6)38(45-36)26-40-42(48(9)10)41(47(7)8)39(46-40)25-37-31(21-15-5)29(19-13-3)35(44-37)23-33(27)43-34/h23-26,44,46H,11-22H2,1-10H3. The largest absolute Gasteiger partial charge is 0.374 e. The van der Waals surface area contributed by atoms with E-state index in [9.17, 15) is 0 Å². The van der Waals surface area contributed by atoms with Gasteiger partial charge < -0.3 is 19.8 Å². The van der Waals surface area contributed by atoms with Crippen LogP contribution in [0.2, 0.25) is 0 Å². The van der Waals surface area contributed by atoms with E-state index in [4.69, 9.17) is 9.97 Å². The molecule has 0 unspecified atom stereocenters. The Hall–Kier alpha value is -3.80. The molecule has 3 aromatic rings. The van der Waals surface area contributed by atoms with Gasteiger partial charge in [0.05, 0.1) is 45.2 Å². The van der Waals surface area contributed by atoms with Crippen LogP contribution in [0.4, 0.5) is 11.4 Å². The molecule has 5 rings (SSSR count). The molecule has 0 saturated heterocycles. The third kappa shape index (κ3) is 6.86. The Morgan fingerprint density at radius 3 is 1.10 bits per heavy atom. The second-order valence-corrected chi connectivity index (χ2v) is 14.1. The number of nitrogens with zero attached hydrogens (tertiary/aromatic N) is 4. The smallest absolute Gasteiger partial charge is 0.0860 e. The quantitative estimate of drug-likeness (QED) is 0.183. The molecule has 0 aliphatic carbocycles. The molecule has 5 heterocycles. The van der Waals surface area contributed by atoms with Crippen LogP contribution in [0.25, 0.3) is 44.4 Å². The lowest BCUT2D eigenvalue weighted by molar-refractivity contribution is 0.877. The van der Waals surface area contributed by atoms with Crippen LogP contribution in [-0.4, -0.2) is 48.1 Å². The van der Waals surface area contributed by atoms with Crippen molar-refractivity contribution >= 4 is 55.7 Å². The van der Waals surface area contributed by atoms with Gasteiger partial charge in [-0.15, -0.1) is 0 Å². The van der Waals surface area contributed by atoms with Crippen LogP contribution in [0, 0.1) is 0 Å². The lowest BCUT2D eigenvalue weighted by Crippen LogP contribution is -2.15. The zero-order chi connectivity index (χ0) is 34.5. The Kier molecular flexibility index (Phi) is 11.5. The number of H-pyrrole nitrogens is 2. The summed E-state index contributed by atoms with van der Waals surface area (Å²) < 4.78 is 0. The summed E-state index contributed by atoms with van der Waals surface area (Å²) in [6.07, 6.45) is 12.8. The first-order valence-corrected chi connectivity index (χ1v) is 18.8. The number of rotatable bonds is 14. The van der Waals surface area contributed by atoms with Crippen molar-refractivity contribution in [3.8, 4) is 0 Å². The van der Waals surface area contributed by atoms with Crippen LogP contribution >= 0.6 is 0 Å². The van der Waals surface area contributed by atoms with E-state index in [1.807, 2.05) is 0 Å². The summed E-state index contributed by atoms with van der Waals surface area (Å²) in [6, 6.07) is 9.38. The molecule has 0 atom stereocenters. The molecule has 0 spiro atoms. The Morgan fingerprint density at radius 1 is 0.417 bits per heavy atom. The van der Waals surface area contributed by atoms with Gasteiger partial charge in [0.1, 0.15) is 0 Å². The molecule has 2 aliphatic heterocycles. The highest BCUT2D eigenvalue weighted by molar-refractivity contribution is 6.01. The number of aromatic amines is 2. The van der Waals surface area contributed by atoms with Crippen LogP contribution in [-0.2, 0) is 12.8 Å². The van der Waals surface area contributed by atoms with E-state index in [0.717, 1.165) is 111 Å². The van der Waals surface area contributed by atoms with Gasteiger partial charge in [0, 0.05) is 39.2 Å². The highest BCUT2D eigenvalue weighted by atomic mass is 15.2. The summed E-state index contributed by atoms with van der Waals surface area (Å²) in [4.78, 5) is 23.3. The molecule has 2 N–H and O–H groups in total. The maximum Gasteiger partial charge on any atom is 0.0860 e. The Morgan fingerprint density at radius 2 is 0.729 bits per heavy atom. The van der Waals surface area contributed by atoms with Crippen LogP contribution in [0.15, 0.2) is 24.3 Å². The molecule has 0 radical (unpaired) electrons. The van der Waals surface area contributed by atoms with Crippen LogP contribution < -0.4 is 9.80 Å². The summed E-state index contributed by atoms with van der Waals surface area (Å²) in [7, 11) is 8.61. The number of nitrogens with one attached hydrogen (secondary N) is 2. The molecular weight excluding hydrogens is 589 g/mol. The highest BCUT2D eigenvalue weighted by Crippen LogP contribution is 2.42. The number of hydrogen-bond donors (Lipinski definition) is 2. The fraction of sp³-hybridized carbons (Fsp3) is 0.524. The highest BCUT2D eigenvalue weighted by Gasteiger charge is 2.25. The maximum absolute atomic E-state index is 5.47. The lowest BCUT2D eigenvalue weighted by atomic mass is 9.95. The van der Waals surface area contributed by atoms with Gasteiger partial charge in [-0.3, -0.25) is 0 Å². The van der Waals surface area contributed by atoms with Crippen molar-refractivity contribution < 1.29 is 0 Å². The average Bonchev–Trinajstić information content (AvgIpc) is 3.74. The molecule has 0 aromatic carbocycles. The van der Waals surface area contributed by atoms with Crippen LogP contribution in [0.1, 0.15) is 140 Å². The summed E-state index contributed by atoms with van der Waals surface area (Å²) in [6.45, 7) is 13.7. The number of anilines is 2. The van der Waals surface area contributed by atoms with Gasteiger partial charge in [-0.05, 0) is 96.2 Å². The average molecular weight is 649 g/mol. The topological polar surface area (TPSA) is 63.8 Å². The van der Waals surface area contributed by atoms with Gasteiger partial charge in [0.15, 0.2) is 0 Å². The van der Waals surface area contributed by atoms with Crippen LogP contribution in [0.3, 0.4) is 0 Å². The summed E-state index contributed by atoms with van der Waals surface area (Å²) in [5.41, 5.74) is 19.9. The van der Waals surface area contributed by atoms with E-state index in [0.29, 0.717) is 0 Å². The lowest BCUT2D eigenvalue weighted by Gasteiger charge is -2.19. The number of aryl methyl sites for hydroxylation is 2. The molecule has 8 bridgehead atoms. The molecule has 258 valence electrons. The van der Waals surface area contributed by atoms with Gasteiger partial charge in [-0.2, -0.15) is 0 Å². The number of aromatic nitrogens is 4. The first-order chi connectivity index (χ1) is 23.2. The van der Waals surface area contributed by atoms with Crippen LogP contribution in [0.5, 0.6) is 0 Å². The fourth-order valence-electron chi connectivity index (χ4n) is 7.86. The Balaban J connectivity index is 2.05. The minimum atomic E-state index is 1.02. The zero-order valence-electron chi connectivity index (χ0n) is 31.6. The Bertz CT molecular complexity index is 1850. The second kappa shape index (κ2) is 15.6. The monoisotopic (exact) mass is 648 g/mol. The summed E-state index contributed by atoms with van der Waals surface area (Å²) >= 11 is 0. The fourth-order valence-corrected chi connectivity index (χ4v) is 7.86. The van der Waals surface area contributed by atoms with Gasteiger partial charge in [-0.1, -0.05) is 80.1 Å². The predicted molar refractivity (Wildman–Crippen MR) is 211 cm³/mol. The van der Waals surface area contributed by atoms with Crippen molar-refractivity contribution in [1.29, 1.82) is 0 Å². The first-order valence-electron chi connectivity index (χ1n) is 18.8. The number of allylic oxidation sites excluding steroid dienone is 4. The summed E-state index contributed by atoms with van der Waals surface area (Å²) in [5.74, 6) is 0. The van der Waals surface area contributed by atoms with Crippen molar-refractivity contribution in [1.82, 2.24) is 19.9 Å². The van der Waals surface area contributed by atoms with Crippen molar-refractivity contribution in [3.63, 3.8) is 0 Å². The Labute approximate surface area is 289 Å². The molecule has 2 aliphatic rings. The first kappa shape index (κ1) is 35.5. The molecule has 0 fully saturated rings. The maximum atomic E-state index is 5.47. The van der Waals surface area contributed by atoms with E-state index in [-0.39, 0.29) is 0 Å². The van der Waals surface area contributed by atoms with Gasteiger partial charge in [0.2, 0.25) is 0 Å². The number of hydrogen-bond acceptors (Lipinski definition) is 4. The van der Waals surface area contributed by atoms with E-state index >= 15 is 0 Å². The van der Waals surface area contributed by atoms with Gasteiger partial charge in [-0.25, -0.2) is 9.97 Å². The molecule has 0 saturated carbocycles. The molecular formula is C42H60N6. The summed E-state index contributed by atoms with van der Waals surface area (Å²) in [5, 5.41) is 0. The second-order valence-electron chi connectivity index (χ2n) is 14.1. The van der Waals surface area contributed by atoms with E-state index in [1.54, 1.807) is 0 Å². The van der Waals surface area contributed by atoms with Gasteiger partial charge in [0.25, 0.3) is 0 Å². The van der Waals surface area contributed by atoms with Crippen molar-refractivity contribution in [3.05, 3.63) is 58.2 Å². The van der Waals surface area contributed by atoms with Crippen molar-refractivity contribution in [2.24, 2.45) is 0 Å². The zero-order valence-corrected chi connectivity index (χ0v) is 31.6. The minimum Gasteiger partial charge on any atom is -0.374 e. The van der Waals surface area contributed by atoms with E-state index in [2.05, 4.69) is 114 Å². The predicted octanol–water partition coefficient (Wildman–Crippen LogP) is 11.4. The molecule has 6 nitrogen and oxygen atoms in total. The molecule has 0 amide bonds. The van der Waals surface area contributed by atoms with E-state index < -0.39 is 0 Å². The number of fused-ring (bicyclic) bond motifs is 8. The normalized spacial score (nSPS) is 13.2. The molecule has 48 heavy (non-hydrogen) atoms. The SMILES string of the molecule is CCCC1=C(CCC)c2cc3[nH]c(cc4[nH]c(cc5nc(cc1n2)C(CCC)=C5CCC)c(N(C)C)c4N(C)C)c(CCC)c3CCC. The van der Waals surface area contributed by atoms with Crippen molar-refractivity contribution in [2.75, 3.05) is 38.0 Å².